The molecule has 120 valence electrons. The first-order valence-electron chi connectivity index (χ1n) is 7.88. The van der Waals surface area contributed by atoms with Crippen LogP contribution in [-0.4, -0.2) is 22.5 Å². The van der Waals surface area contributed by atoms with E-state index in [0.29, 0.717) is 18.4 Å². The SMILES string of the molecule is CC1CC=CCC1COC(=O)Cc1csc(-c2cccnc2)n1. The third-order valence-corrected chi connectivity index (χ3v) is 5.10. The topological polar surface area (TPSA) is 52.1 Å². The molecule has 0 bridgehead atoms. The van der Waals surface area contributed by atoms with Gasteiger partial charge in [-0.05, 0) is 36.8 Å². The zero-order valence-corrected chi connectivity index (χ0v) is 14.0. The van der Waals surface area contributed by atoms with Crippen LogP contribution in [0, 0.1) is 11.8 Å². The highest BCUT2D eigenvalue weighted by Crippen LogP contribution is 2.26. The first kappa shape index (κ1) is 15.9. The lowest BCUT2D eigenvalue weighted by Gasteiger charge is -2.24. The maximum Gasteiger partial charge on any atom is 0.311 e. The molecule has 2 heterocycles. The number of aromatic nitrogens is 2. The zero-order chi connectivity index (χ0) is 16.1. The summed E-state index contributed by atoms with van der Waals surface area (Å²) in [7, 11) is 0. The number of rotatable bonds is 5. The highest BCUT2D eigenvalue weighted by molar-refractivity contribution is 7.13. The van der Waals surface area contributed by atoms with Crippen LogP contribution in [0.2, 0.25) is 0 Å². The molecule has 4 nitrogen and oxygen atoms in total. The Labute approximate surface area is 140 Å². The summed E-state index contributed by atoms with van der Waals surface area (Å²) >= 11 is 1.52. The van der Waals surface area contributed by atoms with Crippen LogP contribution in [0.15, 0.2) is 42.1 Å². The Bertz CT molecular complexity index is 681. The molecule has 23 heavy (non-hydrogen) atoms. The van der Waals surface area contributed by atoms with Crippen molar-refractivity contribution in [3.63, 3.8) is 0 Å². The monoisotopic (exact) mass is 328 g/mol. The van der Waals surface area contributed by atoms with Gasteiger partial charge in [-0.25, -0.2) is 4.98 Å². The number of ether oxygens (including phenoxy) is 1. The van der Waals surface area contributed by atoms with Gasteiger partial charge >= 0.3 is 5.97 Å². The van der Waals surface area contributed by atoms with Gasteiger partial charge in [0.1, 0.15) is 5.01 Å². The van der Waals surface area contributed by atoms with E-state index in [1.54, 1.807) is 12.4 Å². The van der Waals surface area contributed by atoms with E-state index < -0.39 is 0 Å². The van der Waals surface area contributed by atoms with Crippen molar-refractivity contribution in [1.29, 1.82) is 0 Å². The number of carbonyl (C=O) groups is 1. The molecule has 0 fully saturated rings. The fourth-order valence-electron chi connectivity index (χ4n) is 2.65. The average Bonchev–Trinajstić information content (AvgIpc) is 3.03. The van der Waals surface area contributed by atoms with Crippen LogP contribution in [0.25, 0.3) is 10.6 Å². The number of nitrogens with zero attached hydrogens (tertiary/aromatic N) is 2. The predicted molar refractivity (Wildman–Crippen MR) is 91.0 cm³/mol. The average molecular weight is 328 g/mol. The van der Waals surface area contributed by atoms with Gasteiger partial charge < -0.3 is 4.74 Å². The quantitative estimate of drug-likeness (QED) is 0.617. The summed E-state index contributed by atoms with van der Waals surface area (Å²) in [5, 5.41) is 2.79. The van der Waals surface area contributed by atoms with E-state index in [0.717, 1.165) is 29.1 Å². The predicted octanol–water partition coefficient (Wildman–Crippen LogP) is 3.89. The van der Waals surface area contributed by atoms with Gasteiger partial charge in [-0.15, -0.1) is 11.3 Å². The Kier molecular flexibility index (Phi) is 5.18. The Morgan fingerprint density at radius 1 is 1.39 bits per heavy atom. The highest BCUT2D eigenvalue weighted by atomic mass is 32.1. The largest absolute Gasteiger partial charge is 0.465 e. The van der Waals surface area contributed by atoms with Gasteiger partial charge in [0.15, 0.2) is 0 Å². The Morgan fingerprint density at radius 3 is 3.04 bits per heavy atom. The molecule has 1 aliphatic rings. The smallest absolute Gasteiger partial charge is 0.311 e. The summed E-state index contributed by atoms with van der Waals surface area (Å²) in [6.45, 7) is 2.71. The van der Waals surface area contributed by atoms with Crippen LogP contribution in [0.5, 0.6) is 0 Å². The molecule has 0 amide bonds. The number of carbonyl (C=O) groups excluding carboxylic acids is 1. The minimum Gasteiger partial charge on any atom is -0.465 e. The van der Waals surface area contributed by atoms with Gasteiger partial charge in [0.25, 0.3) is 0 Å². The lowest BCUT2D eigenvalue weighted by atomic mass is 9.85. The van der Waals surface area contributed by atoms with E-state index in [9.17, 15) is 4.79 Å². The van der Waals surface area contributed by atoms with Gasteiger partial charge in [-0.3, -0.25) is 9.78 Å². The van der Waals surface area contributed by atoms with Crippen molar-refractivity contribution in [3.05, 3.63) is 47.8 Å². The second-order valence-corrected chi connectivity index (χ2v) is 6.78. The second kappa shape index (κ2) is 7.51. The molecule has 0 radical (unpaired) electrons. The molecule has 0 saturated heterocycles. The lowest BCUT2D eigenvalue weighted by molar-refractivity contribution is -0.144. The maximum absolute atomic E-state index is 12.0. The van der Waals surface area contributed by atoms with Crippen molar-refractivity contribution in [3.8, 4) is 10.6 Å². The Balaban J connectivity index is 1.52. The Morgan fingerprint density at radius 2 is 2.26 bits per heavy atom. The number of hydrogen-bond acceptors (Lipinski definition) is 5. The van der Waals surface area contributed by atoms with Crippen LogP contribution < -0.4 is 0 Å². The summed E-state index contributed by atoms with van der Waals surface area (Å²) < 4.78 is 5.45. The molecular weight excluding hydrogens is 308 g/mol. The van der Waals surface area contributed by atoms with Crippen molar-refractivity contribution in [1.82, 2.24) is 9.97 Å². The molecule has 2 unspecified atom stereocenters. The molecule has 0 spiro atoms. The van der Waals surface area contributed by atoms with Crippen LogP contribution in [0.1, 0.15) is 25.5 Å². The molecule has 0 saturated carbocycles. The Hall–Kier alpha value is -2.01. The molecule has 2 aromatic heterocycles. The summed E-state index contributed by atoms with van der Waals surface area (Å²) in [6.07, 6.45) is 10.2. The van der Waals surface area contributed by atoms with Crippen molar-refractivity contribution >= 4 is 17.3 Å². The van der Waals surface area contributed by atoms with Crippen LogP contribution in [-0.2, 0) is 16.0 Å². The summed E-state index contributed by atoms with van der Waals surface area (Å²) in [4.78, 5) is 20.6. The molecule has 3 rings (SSSR count). The maximum atomic E-state index is 12.0. The molecule has 0 N–H and O–H groups in total. The second-order valence-electron chi connectivity index (χ2n) is 5.93. The molecule has 0 aromatic carbocycles. The first-order valence-corrected chi connectivity index (χ1v) is 8.76. The number of hydrogen-bond donors (Lipinski definition) is 0. The van der Waals surface area contributed by atoms with Crippen molar-refractivity contribution in [2.24, 2.45) is 11.8 Å². The first-order chi connectivity index (χ1) is 11.2. The minimum atomic E-state index is -0.199. The van der Waals surface area contributed by atoms with E-state index in [1.807, 2.05) is 17.5 Å². The van der Waals surface area contributed by atoms with Gasteiger partial charge in [-0.1, -0.05) is 19.1 Å². The number of pyridine rings is 1. The van der Waals surface area contributed by atoms with Crippen LogP contribution in [0.4, 0.5) is 0 Å². The van der Waals surface area contributed by atoms with Gasteiger partial charge in [-0.2, -0.15) is 0 Å². The number of thiazole rings is 1. The van der Waals surface area contributed by atoms with Crippen molar-refractivity contribution in [2.45, 2.75) is 26.2 Å². The fraction of sp³-hybridized carbons (Fsp3) is 0.389. The third kappa shape index (κ3) is 4.26. The van der Waals surface area contributed by atoms with Gasteiger partial charge in [0.2, 0.25) is 0 Å². The fourth-order valence-corrected chi connectivity index (χ4v) is 3.46. The normalized spacial score (nSPS) is 20.4. The van der Waals surface area contributed by atoms with Crippen LogP contribution >= 0.6 is 11.3 Å². The minimum absolute atomic E-state index is 0.199. The molecule has 0 aliphatic heterocycles. The van der Waals surface area contributed by atoms with E-state index in [2.05, 4.69) is 29.0 Å². The standard InChI is InChI=1S/C18H20N2O2S/c1-13-5-2-3-6-15(13)11-22-17(21)9-16-12-23-18(20-16)14-7-4-8-19-10-14/h2-4,7-8,10,12-13,15H,5-6,9,11H2,1H3. The number of allylic oxidation sites excluding steroid dienone is 2. The van der Waals surface area contributed by atoms with E-state index >= 15 is 0 Å². The molecule has 1 aliphatic carbocycles. The summed E-state index contributed by atoms with van der Waals surface area (Å²) in [6, 6.07) is 3.84. The molecule has 2 aromatic rings. The number of esters is 1. The molecule has 2 atom stereocenters. The molecule has 5 heteroatoms. The summed E-state index contributed by atoms with van der Waals surface area (Å²) in [5.41, 5.74) is 1.73. The zero-order valence-electron chi connectivity index (χ0n) is 13.1. The van der Waals surface area contributed by atoms with Crippen LogP contribution in [0.3, 0.4) is 0 Å². The van der Waals surface area contributed by atoms with E-state index in [1.165, 1.54) is 11.3 Å². The summed E-state index contributed by atoms with van der Waals surface area (Å²) in [5.74, 6) is 0.810. The van der Waals surface area contributed by atoms with E-state index in [-0.39, 0.29) is 12.4 Å². The van der Waals surface area contributed by atoms with Gasteiger partial charge in [0.05, 0.1) is 18.7 Å². The van der Waals surface area contributed by atoms with Gasteiger partial charge in [0, 0.05) is 23.3 Å². The van der Waals surface area contributed by atoms with Crippen molar-refractivity contribution in [2.75, 3.05) is 6.61 Å². The highest BCUT2D eigenvalue weighted by Gasteiger charge is 2.20. The molecular formula is C18H20N2O2S. The lowest BCUT2D eigenvalue weighted by Crippen LogP contribution is -2.22. The van der Waals surface area contributed by atoms with E-state index in [4.69, 9.17) is 4.74 Å². The third-order valence-electron chi connectivity index (χ3n) is 4.16. The van der Waals surface area contributed by atoms with Crippen molar-refractivity contribution < 1.29 is 9.53 Å².